The molecule has 0 radical (unpaired) electrons. The van der Waals surface area contributed by atoms with Gasteiger partial charge in [-0.15, -0.1) is 0 Å². The highest BCUT2D eigenvalue weighted by molar-refractivity contribution is 6.29. The lowest BCUT2D eigenvalue weighted by Crippen LogP contribution is -2.12. The number of fused-ring (bicyclic) bond motifs is 1. The third kappa shape index (κ3) is 6.67. The SMILES string of the molecule is CCCC(CCCc1ccnc2ccc(F)cc12)C(C)CCCC1=CC=C(Cl)CC1. The molecule has 0 N–H and O–H groups in total. The van der Waals surface area contributed by atoms with Gasteiger partial charge >= 0.3 is 0 Å². The summed E-state index contributed by atoms with van der Waals surface area (Å²) < 4.78 is 13.7. The molecule has 0 bridgehead atoms. The number of halogens is 2. The molecule has 1 nitrogen and oxygen atoms in total. The second-order valence-corrected chi connectivity index (χ2v) is 9.37. The Hall–Kier alpha value is -1.67. The Morgan fingerprint density at radius 1 is 1.03 bits per heavy atom. The van der Waals surface area contributed by atoms with Crippen molar-refractivity contribution in [3.05, 3.63) is 64.6 Å². The van der Waals surface area contributed by atoms with Crippen molar-refractivity contribution < 1.29 is 4.39 Å². The molecular formula is C27H35ClFN. The van der Waals surface area contributed by atoms with Gasteiger partial charge in [0.1, 0.15) is 5.82 Å². The van der Waals surface area contributed by atoms with Crippen LogP contribution in [0.15, 0.2) is 53.2 Å². The molecular weight excluding hydrogens is 393 g/mol. The van der Waals surface area contributed by atoms with E-state index in [1.165, 1.54) is 50.2 Å². The van der Waals surface area contributed by atoms with Gasteiger partial charge in [0.15, 0.2) is 0 Å². The average Bonchev–Trinajstić information content (AvgIpc) is 2.74. The minimum absolute atomic E-state index is 0.180. The summed E-state index contributed by atoms with van der Waals surface area (Å²) in [5.74, 6) is 1.34. The van der Waals surface area contributed by atoms with Gasteiger partial charge in [-0.3, -0.25) is 4.98 Å². The summed E-state index contributed by atoms with van der Waals surface area (Å²) >= 11 is 6.07. The van der Waals surface area contributed by atoms with Crippen LogP contribution >= 0.6 is 11.6 Å². The van der Waals surface area contributed by atoms with Crippen molar-refractivity contribution in [1.29, 1.82) is 0 Å². The van der Waals surface area contributed by atoms with E-state index < -0.39 is 0 Å². The standard InChI is InChI=1S/C27H35ClFN/c1-3-6-22(20(2)7-4-8-21-11-13-24(28)14-12-21)9-5-10-23-17-18-30-27-16-15-25(29)19-26(23)27/h11,13,15-20,22H,3-10,12,14H2,1-2H3. The van der Waals surface area contributed by atoms with E-state index in [4.69, 9.17) is 11.6 Å². The number of aryl methyl sites for hydroxylation is 1. The van der Waals surface area contributed by atoms with Crippen molar-refractivity contribution in [2.24, 2.45) is 11.8 Å². The molecule has 0 aliphatic heterocycles. The van der Waals surface area contributed by atoms with Crippen LogP contribution in [0.4, 0.5) is 4.39 Å². The Labute approximate surface area is 186 Å². The molecule has 2 unspecified atom stereocenters. The molecule has 0 spiro atoms. The Morgan fingerprint density at radius 2 is 1.87 bits per heavy atom. The van der Waals surface area contributed by atoms with Crippen molar-refractivity contribution in [3.8, 4) is 0 Å². The van der Waals surface area contributed by atoms with Gasteiger partial charge in [-0.2, -0.15) is 0 Å². The second kappa shape index (κ2) is 11.6. The first-order chi connectivity index (χ1) is 14.6. The molecule has 1 aliphatic rings. The molecule has 1 aromatic carbocycles. The van der Waals surface area contributed by atoms with Crippen LogP contribution in [-0.4, -0.2) is 4.98 Å². The van der Waals surface area contributed by atoms with E-state index in [1.807, 2.05) is 6.20 Å². The third-order valence-electron chi connectivity index (χ3n) is 6.62. The number of aromatic nitrogens is 1. The number of nitrogens with zero attached hydrogens (tertiary/aromatic N) is 1. The summed E-state index contributed by atoms with van der Waals surface area (Å²) in [6.07, 6.45) is 18.0. The van der Waals surface area contributed by atoms with Crippen LogP contribution in [0.2, 0.25) is 0 Å². The number of hydrogen-bond acceptors (Lipinski definition) is 1. The maximum atomic E-state index is 13.7. The van der Waals surface area contributed by atoms with E-state index in [1.54, 1.807) is 17.7 Å². The van der Waals surface area contributed by atoms with Crippen LogP contribution in [0.25, 0.3) is 10.9 Å². The lowest BCUT2D eigenvalue weighted by atomic mass is 9.82. The summed E-state index contributed by atoms with van der Waals surface area (Å²) in [5.41, 5.74) is 3.66. The minimum atomic E-state index is -0.180. The van der Waals surface area contributed by atoms with Crippen molar-refractivity contribution >= 4 is 22.5 Å². The maximum Gasteiger partial charge on any atom is 0.123 e. The van der Waals surface area contributed by atoms with Crippen LogP contribution in [-0.2, 0) is 6.42 Å². The number of allylic oxidation sites excluding steroid dienone is 4. The number of rotatable bonds is 11. The van der Waals surface area contributed by atoms with Gasteiger partial charge in [-0.25, -0.2) is 4.39 Å². The van der Waals surface area contributed by atoms with Crippen molar-refractivity contribution in [1.82, 2.24) is 4.98 Å². The summed E-state index contributed by atoms with van der Waals surface area (Å²) in [6.45, 7) is 4.73. The Morgan fingerprint density at radius 3 is 2.63 bits per heavy atom. The van der Waals surface area contributed by atoms with Crippen LogP contribution < -0.4 is 0 Å². The van der Waals surface area contributed by atoms with E-state index in [2.05, 4.69) is 37.0 Å². The molecule has 2 atom stereocenters. The zero-order valence-corrected chi connectivity index (χ0v) is 19.2. The average molecular weight is 428 g/mol. The predicted octanol–water partition coefficient (Wildman–Crippen LogP) is 8.76. The predicted molar refractivity (Wildman–Crippen MR) is 127 cm³/mol. The van der Waals surface area contributed by atoms with Gasteiger partial charge in [0.25, 0.3) is 0 Å². The number of hydrogen-bond donors (Lipinski definition) is 0. The first-order valence-corrected chi connectivity index (χ1v) is 12.0. The van der Waals surface area contributed by atoms with Crippen LogP contribution in [0, 0.1) is 17.7 Å². The zero-order chi connectivity index (χ0) is 21.3. The second-order valence-electron chi connectivity index (χ2n) is 8.88. The highest BCUT2D eigenvalue weighted by Gasteiger charge is 2.17. The van der Waals surface area contributed by atoms with Gasteiger partial charge in [0, 0.05) is 16.6 Å². The van der Waals surface area contributed by atoms with Crippen LogP contribution in [0.5, 0.6) is 0 Å². The summed E-state index contributed by atoms with van der Waals surface area (Å²) in [6, 6.07) is 6.96. The lowest BCUT2D eigenvalue weighted by molar-refractivity contribution is 0.286. The first kappa shape index (κ1) is 23.0. The monoisotopic (exact) mass is 427 g/mol. The Balaban J connectivity index is 1.50. The molecule has 0 saturated carbocycles. The third-order valence-corrected chi connectivity index (χ3v) is 6.94. The molecule has 3 heteroatoms. The molecule has 1 aliphatic carbocycles. The molecule has 2 aromatic rings. The normalized spacial score (nSPS) is 16.3. The minimum Gasteiger partial charge on any atom is -0.256 e. The molecule has 1 aromatic heterocycles. The van der Waals surface area contributed by atoms with Gasteiger partial charge in [-0.05, 0) is 92.7 Å². The topological polar surface area (TPSA) is 12.9 Å². The van der Waals surface area contributed by atoms with E-state index in [-0.39, 0.29) is 5.82 Å². The quantitative estimate of drug-likeness (QED) is 0.349. The molecule has 162 valence electrons. The number of pyridine rings is 1. The molecule has 1 heterocycles. The Kier molecular flexibility index (Phi) is 8.93. The highest BCUT2D eigenvalue weighted by Crippen LogP contribution is 2.30. The smallest absolute Gasteiger partial charge is 0.123 e. The van der Waals surface area contributed by atoms with Gasteiger partial charge in [0.05, 0.1) is 5.52 Å². The molecule has 0 fully saturated rings. The van der Waals surface area contributed by atoms with E-state index in [9.17, 15) is 4.39 Å². The maximum absolute atomic E-state index is 13.7. The van der Waals surface area contributed by atoms with Crippen LogP contribution in [0.3, 0.4) is 0 Å². The zero-order valence-electron chi connectivity index (χ0n) is 18.5. The summed E-state index contributed by atoms with van der Waals surface area (Å²) in [7, 11) is 0. The largest absolute Gasteiger partial charge is 0.256 e. The molecule has 0 amide bonds. The van der Waals surface area contributed by atoms with E-state index >= 15 is 0 Å². The molecule has 30 heavy (non-hydrogen) atoms. The van der Waals surface area contributed by atoms with Crippen molar-refractivity contribution in [2.45, 2.75) is 78.1 Å². The summed E-state index contributed by atoms with van der Waals surface area (Å²) in [5, 5.41) is 1.95. The summed E-state index contributed by atoms with van der Waals surface area (Å²) in [4.78, 5) is 4.38. The molecule has 3 rings (SSSR count). The van der Waals surface area contributed by atoms with Crippen molar-refractivity contribution in [3.63, 3.8) is 0 Å². The molecule has 0 saturated heterocycles. The van der Waals surface area contributed by atoms with Gasteiger partial charge in [0.2, 0.25) is 0 Å². The Bertz CT molecular complexity index is 886. The first-order valence-electron chi connectivity index (χ1n) is 11.6. The fraction of sp³-hybridized carbons (Fsp3) is 0.519. The highest BCUT2D eigenvalue weighted by atomic mass is 35.5. The fourth-order valence-corrected chi connectivity index (χ4v) is 4.94. The van der Waals surface area contributed by atoms with E-state index in [0.717, 1.165) is 53.5 Å². The number of benzene rings is 1. The van der Waals surface area contributed by atoms with Gasteiger partial charge in [-0.1, -0.05) is 56.4 Å². The van der Waals surface area contributed by atoms with Crippen molar-refractivity contribution in [2.75, 3.05) is 0 Å². The van der Waals surface area contributed by atoms with E-state index in [0.29, 0.717) is 0 Å². The lowest BCUT2D eigenvalue weighted by Gasteiger charge is -2.24. The van der Waals surface area contributed by atoms with Crippen LogP contribution in [0.1, 0.15) is 77.2 Å². The van der Waals surface area contributed by atoms with Gasteiger partial charge < -0.3 is 0 Å². The fourth-order valence-electron chi connectivity index (χ4n) is 4.78.